The predicted octanol–water partition coefficient (Wildman–Crippen LogP) is 0.448. The van der Waals surface area contributed by atoms with Crippen LogP contribution in [0.4, 0.5) is 4.79 Å². The molecule has 7 nitrogen and oxygen atoms in total. The molecule has 0 heterocycles. The van der Waals surface area contributed by atoms with Crippen molar-refractivity contribution < 1.29 is 19.5 Å². The zero-order valence-corrected chi connectivity index (χ0v) is 11.1. The highest BCUT2D eigenvalue weighted by molar-refractivity contribution is 5.87. The van der Waals surface area contributed by atoms with E-state index < -0.39 is 17.9 Å². The standard InChI is InChI=1S/C13H17N3O4/c1-8(6-11(14)17)16-13(20)15-7-9-2-4-10(5-3-9)12(18)19/h2-5,8H,6-7H2,1H3,(H2,14,17)(H,18,19)(H2,15,16,20). The molecule has 1 unspecified atom stereocenters. The fourth-order valence-corrected chi connectivity index (χ4v) is 1.58. The fraction of sp³-hybridized carbons (Fsp3) is 0.308. The van der Waals surface area contributed by atoms with Gasteiger partial charge in [0.2, 0.25) is 5.91 Å². The largest absolute Gasteiger partial charge is 0.478 e. The first kappa shape index (κ1) is 15.5. The summed E-state index contributed by atoms with van der Waals surface area (Å²) in [6.07, 6.45) is 0.0702. The third-order valence-corrected chi connectivity index (χ3v) is 2.54. The number of carbonyl (C=O) groups excluding carboxylic acids is 2. The molecule has 0 aliphatic rings. The number of amides is 3. The SMILES string of the molecule is CC(CC(N)=O)NC(=O)NCc1ccc(C(=O)O)cc1. The van der Waals surface area contributed by atoms with E-state index >= 15 is 0 Å². The van der Waals surface area contributed by atoms with Crippen LogP contribution in [0.3, 0.4) is 0 Å². The average molecular weight is 279 g/mol. The van der Waals surface area contributed by atoms with Gasteiger partial charge < -0.3 is 21.5 Å². The molecule has 20 heavy (non-hydrogen) atoms. The van der Waals surface area contributed by atoms with E-state index in [1.54, 1.807) is 19.1 Å². The van der Waals surface area contributed by atoms with Gasteiger partial charge in [0.15, 0.2) is 0 Å². The summed E-state index contributed by atoms with van der Waals surface area (Å²) in [7, 11) is 0. The minimum Gasteiger partial charge on any atom is -0.478 e. The zero-order valence-electron chi connectivity index (χ0n) is 11.1. The smallest absolute Gasteiger partial charge is 0.335 e. The molecule has 1 aromatic carbocycles. The Kier molecular flexibility index (Phi) is 5.52. The number of nitrogens with one attached hydrogen (secondary N) is 2. The number of urea groups is 1. The maximum Gasteiger partial charge on any atom is 0.335 e. The van der Waals surface area contributed by atoms with E-state index in [0.717, 1.165) is 5.56 Å². The normalized spacial score (nSPS) is 11.4. The lowest BCUT2D eigenvalue weighted by molar-refractivity contribution is -0.118. The van der Waals surface area contributed by atoms with Crippen LogP contribution in [0.5, 0.6) is 0 Å². The quantitative estimate of drug-likeness (QED) is 0.603. The first-order valence-electron chi connectivity index (χ1n) is 6.03. The highest BCUT2D eigenvalue weighted by Gasteiger charge is 2.09. The fourth-order valence-electron chi connectivity index (χ4n) is 1.58. The number of primary amides is 1. The lowest BCUT2D eigenvalue weighted by atomic mass is 10.1. The van der Waals surface area contributed by atoms with Crippen LogP contribution in [0.15, 0.2) is 24.3 Å². The summed E-state index contributed by atoms with van der Waals surface area (Å²) >= 11 is 0. The third-order valence-electron chi connectivity index (χ3n) is 2.54. The second-order valence-corrected chi connectivity index (χ2v) is 4.40. The summed E-state index contributed by atoms with van der Waals surface area (Å²) < 4.78 is 0. The van der Waals surface area contributed by atoms with Crippen LogP contribution in [-0.4, -0.2) is 29.1 Å². The Morgan fingerprint density at radius 1 is 1.25 bits per heavy atom. The Bertz CT molecular complexity index is 499. The van der Waals surface area contributed by atoms with Crippen LogP contribution < -0.4 is 16.4 Å². The molecule has 1 rings (SSSR count). The van der Waals surface area contributed by atoms with E-state index in [1.165, 1.54) is 12.1 Å². The molecule has 0 fully saturated rings. The summed E-state index contributed by atoms with van der Waals surface area (Å²) in [5.41, 5.74) is 5.97. The highest BCUT2D eigenvalue weighted by Crippen LogP contribution is 2.04. The zero-order chi connectivity index (χ0) is 15.1. The molecule has 5 N–H and O–H groups in total. The van der Waals surface area contributed by atoms with Gasteiger partial charge in [-0.1, -0.05) is 12.1 Å². The van der Waals surface area contributed by atoms with Gasteiger partial charge in [0.1, 0.15) is 0 Å². The van der Waals surface area contributed by atoms with Crippen LogP contribution in [0.1, 0.15) is 29.3 Å². The van der Waals surface area contributed by atoms with Crippen molar-refractivity contribution in [1.82, 2.24) is 10.6 Å². The van der Waals surface area contributed by atoms with E-state index in [-0.39, 0.29) is 24.6 Å². The van der Waals surface area contributed by atoms with Crippen molar-refractivity contribution in [3.8, 4) is 0 Å². The molecule has 0 saturated heterocycles. The number of carboxylic acids is 1. The number of nitrogens with two attached hydrogens (primary N) is 1. The summed E-state index contributed by atoms with van der Waals surface area (Å²) in [6.45, 7) is 1.93. The molecule has 3 amide bonds. The van der Waals surface area contributed by atoms with Gasteiger partial charge in [-0.25, -0.2) is 9.59 Å². The maximum atomic E-state index is 11.5. The van der Waals surface area contributed by atoms with Crippen molar-refractivity contribution >= 4 is 17.9 Å². The van der Waals surface area contributed by atoms with Crippen molar-refractivity contribution in [2.75, 3.05) is 0 Å². The maximum absolute atomic E-state index is 11.5. The number of rotatable bonds is 6. The van der Waals surface area contributed by atoms with Crippen LogP contribution in [0.2, 0.25) is 0 Å². The van der Waals surface area contributed by atoms with Crippen LogP contribution in [-0.2, 0) is 11.3 Å². The van der Waals surface area contributed by atoms with Gasteiger partial charge in [0.25, 0.3) is 0 Å². The Morgan fingerprint density at radius 2 is 1.85 bits per heavy atom. The van der Waals surface area contributed by atoms with Crippen molar-refractivity contribution in [2.24, 2.45) is 5.73 Å². The minimum absolute atomic E-state index is 0.0702. The number of hydrogen-bond acceptors (Lipinski definition) is 3. The number of hydrogen-bond donors (Lipinski definition) is 4. The Hall–Kier alpha value is -2.57. The van der Waals surface area contributed by atoms with E-state index in [4.69, 9.17) is 10.8 Å². The van der Waals surface area contributed by atoms with Gasteiger partial charge >= 0.3 is 12.0 Å². The minimum atomic E-state index is -0.998. The second-order valence-electron chi connectivity index (χ2n) is 4.40. The van der Waals surface area contributed by atoms with Gasteiger partial charge in [-0.3, -0.25) is 4.79 Å². The number of benzene rings is 1. The van der Waals surface area contributed by atoms with E-state index in [9.17, 15) is 14.4 Å². The molecule has 0 aliphatic heterocycles. The lowest BCUT2D eigenvalue weighted by Crippen LogP contribution is -2.42. The van der Waals surface area contributed by atoms with E-state index in [0.29, 0.717) is 0 Å². The van der Waals surface area contributed by atoms with Crippen LogP contribution >= 0.6 is 0 Å². The van der Waals surface area contributed by atoms with Gasteiger partial charge in [-0.05, 0) is 24.6 Å². The summed E-state index contributed by atoms with van der Waals surface area (Å²) in [5.74, 6) is -1.48. The van der Waals surface area contributed by atoms with Crippen LogP contribution in [0, 0.1) is 0 Å². The van der Waals surface area contributed by atoms with Gasteiger partial charge in [-0.15, -0.1) is 0 Å². The molecule has 0 aromatic heterocycles. The number of carboxylic acid groups (broad SMARTS) is 1. The first-order chi connectivity index (χ1) is 9.38. The molecule has 7 heteroatoms. The van der Waals surface area contributed by atoms with E-state index in [2.05, 4.69) is 10.6 Å². The Morgan fingerprint density at radius 3 is 2.35 bits per heavy atom. The Balaban J connectivity index is 2.40. The first-order valence-corrected chi connectivity index (χ1v) is 6.03. The number of aromatic carboxylic acids is 1. The van der Waals surface area contributed by atoms with Gasteiger partial charge in [0.05, 0.1) is 5.56 Å². The molecular weight excluding hydrogens is 262 g/mol. The molecule has 1 atom stereocenters. The highest BCUT2D eigenvalue weighted by atomic mass is 16.4. The van der Waals surface area contributed by atoms with Gasteiger partial charge in [0, 0.05) is 19.0 Å². The third kappa shape index (κ3) is 5.38. The summed E-state index contributed by atoms with van der Waals surface area (Å²) in [6, 6.07) is 5.41. The van der Waals surface area contributed by atoms with Crippen LogP contribution in [0.25, 0.3) is 0 Å². The second kappa shape index (κ2) is 7.13. The molecule has 0 bridgehead atoms. The molecule has 1 aromatic rings. The molecule has 0 spiro atoms. The van der Waals surface area contributed by atoms with Gasteiger partial charge in [-0.2, -0.15) is 0 Å². The molecule has 0 aliphatic carbocycles. The van der Waals surface area contributed by atoms with E-state index in [1.807, 2.05) is 0 Å². The Labute approximate surface area is 116 Å². The average Bonchev–Trinajstić information content (AvgIpc) is 2.35. The summed E-state index contributed by atoms with van der Waals surface area (Å²) in [4.78, 5) is 32.8. The monoisotopic (exact) mass is 279 g/mol. The van der Waals surface area contributed by atoms with Crippen molar-refractivity contribution in [1.29, 1.82) is 0 Å². The van der Waals surface area contributed by atoms with Crippen molar-refractivity contribution in [2.45, 2.75) is 25.9 Å². The van der Waals surface area contributed by atoms with Crippen molar-refractivity contribution in [3.05, 3.63) is 35.4 Å². The molecule has 0 saturated carbocycles. The predicted molar refractivity (Wildman–Crippen MR) is 72.0 cm³/mol. The van der Waals surface area contributed by atoms with Crippen molar-refractivity contribution in [3.63, 3.8) is 0 Å². The lowest BCUT2D eigenvalue weighted by Gasteiger charge is -2.13. The summed E-state index contributed by atoms with van der Waals surface area (Å²) in [5, 5.41) is 13.9. The number of carbonyl (C=O) groups is 3. The molecule has 0 radical (unpaired) electrons. The molecule has 108 valence electrons. The molecular formula is C13H17N3O4. The topological polar surface area (TPSA) is 122 Å².